The lowest BCUT2D eigenvalue weighted by molar-refractivity contribution is 0.0131. The van der Waals surface area contributed by atoms with Crippen LogP contribution in [0.4, 0.5) is 10.2 Å². The molecule has 2 saturated heterocycles. The second-order valence-electron chi connectivity index (χ2n) is 6.61. The largest absolute Gasteiger partial charge is 0.381 e. The summed E-state index contributed by atoms with van der Waals surface area (Å²) in [5.74, 6) is 1.12. The number of hydrogen-bond donors (Lipinski definition) is 0. The second-order valence-corrected chi connectivity index (χ2v) is 6.61. The van der Waals surface area contributed by atoms with Gasteiger partial charge in [0.05, 0.1) is 24.8 Å². The SMILES string of the molecule is Fc1ccc2ncnc(N3CCC(OCC4CCOC4)CC3)c2c1. The molecule has 1 aromatic heterocycles. The average Bonchev–Trinajstić information content (AvgIpc) is 3.13. The summed E-state index contributed by atoms with van der Waals surface area (Å²) in [5, 5.41) is 0.778. The van der Waals surface area contributed by atoms with Gasteiger partial charge >= 0.3 is 0 Å². The summed E-state index contributed by atoms with van der Waals surface area (Å²) in [6.45, 7) is 4.23. The third kappa shape index (κ3) is 3.35. The van der Waals surface area contributed by atoms with Crippen LogP contribution >= 0.6 is 0 Å². The van der Waals surface area contributed by atoms with Gasteiger partial charge in [-0.1, -0.05) is 0 Å². The van der Waals surface area contributed by atoms with Crippen molar-refractivity contribution in [3.8, 4) is 0 Å². The van der Waals surface area contributed by atoms with Gasteiger partial charge in [-0.05, 0) is 37.5 Å². The molecule has 1 unspecified atom stereocenters. The molecule has 0 radical (unpaired) electrons. The van der Waals surface area contributed by atoms with Crippen molar-refractivity contribution in [3.63, 3.8) is 0 Å². The molecule has 2 aliphatic heterocycles. The highest BCUT2D eigenvalue weighted by Gasteiger charge is 2.24. The van der Waals surface area contributed by atoms with Crippen LogP contribution in [-0.2, 0) is 9.47 Å². The van der Waals surface area contributed by atoms with E-state index in [0.29, 0.717) is 12.0 Å². The van der Waals surface area contributed by atoms with Gasteiger partial charge in [0.15, 0.2) is 0 Å². The molecular weight excluding hydrogens is 309 g/mol. The van der Waals surface area contributed by atoms with Crippen molar-refractivity contribution in [2.75, 3.05) is 37.8 Å². The number of benzene rings is 1. The fourth-order valence-electron chi connectivity index (χ4n) is 3.49. The molecule has 2 aromatic rings. The lowest BCUT2D eigenvalue weighted by Gasteiger charge is -2.33. The molecule has 0 N–H and O–H groups in total. The number of nitrogens with zero attached hydrogens (tertiary/aromatic N) is 3. The number of halogens is 1. The topological polar surface area (TPSA) is 47.5 Å². The van der Waals surface area contributed by atoms with E-state index in [1.54, 1.807) is 12.4 Å². The van der Waals surface area contributed by atoms with Crippen molar-refractivity contribution in [3.05, 3.63) is 30.3 Å². The Kier molecular flexibility index (Phi) is 4.58. The van der Waals surface area contributed by atoms with E-state index in [0.717, 1.165) is 68.9 Å². The summed E-state index contributed by atoms with van der Waals surface area (Å²) < 4.78 is 25.0. The van der Waals surface area contributed by atoms with Crippen LogP contribution in [0.1, 0.15) is 19.3 Å². The highest BCUT2D eigenvalue weighted by molar-refractivity contribution is 5.89. The van der Waals surface area contributed by atoms with Gasteiger partial charge in [0.25, 0.3) is 0 Å². The minimum atomic E-state index is -0.254. The third-order valence-electron chi connectivity index (χ3n) is 4.91. The van der Waals surface area contributed by atoms with Crippen LogP contribution in [0.15, 0.2) is 24.5 Å². The Balaban J connectivity index is 1.39. The van der Waals surface area contributed by atoms with Gasteiger partial charge in [0.1, 0.15) is 18.0 Å². The zero-order valence-electron chi connectivity index (χ0n) is 13.7. The second kappa shape index (κ2) is 6.99. The minimum absolute atomic E-state index is 0.254. The molecule has 4 rings (SSSR count). The van der Waals surface area contributed by atoms with Crippen LogP contribution in [0.5, 0.6) is 0 Å². The van der Waals surface area contributed by atoms with E-state index in [1.807, 2.05) is 0 Å². The van der Waals surface area contributed by atoms with E-state index in [-0.39, 0.29) is 5.82 Å². The minimum Gasteiger partial charge on any atom is -0.381 e. The van der Waals surface area contributed by atoms with Crippen LogP contribution in [0.2, 0.25) is 0 Å². The lowest BCUT2D eigenvalue weighted by atomic mass is 10.1. The van der Waals surface area contributed by atoms with E-state index in [2.05, 4.69) is 14.9 Å². The van der Waals surface area contributed by atoms with E-state index in [9.17, 15) is 4.39 Å². The van der Waals surface area contributed by atoms with Crippen molar-refractivity contribution in [2.45, 2.75) is 25.4 Å². The Hall–Kier alpha value is -1.79. The summed E-state index contributed by atoms with van der Waals surface area (Å²) >= 11 is 0. The Labute approximate surface area is 140 Å². The zero-order chi connectivity index (χ0) is 16.4. The summed E-state index contributed by atoms with van der Waals surface area (Å²) in [6.07, 6.45) is 4.89. The summed E-state index contributed by atoms with van der Waals surface area (Å²) in [7, 11) is 0. The average molecular weight is 331 g/mol. The van der Waals surface area contributed by atoms with E-state index in [1.165, 1.54) is 12.1 Å². The van der Waals surface area contributed by atoms with Crippen molar-refractivity contribution >= 4 is 16.7 Å². The molecule has 0 bridgehead atoms. The monoisotopic (exact) mass is 331 g/mol. The van der Waals surface area contributed by atoms with Crippen molar-refractivity contribution in [1.82, 2.24) is 9.97 Å². The molecule has 0 amide bonds. The summed E-state index contributed by atoms with van der Waals surface area (Å²) in [5.41, 5.74) is 0.779. The summed E-state index contributed by atoms with van der Waals surface area (Å²) in [4.78, 5) is 10.8. The molecule has 1 aromatic carbocycles. The van der Waals surface area contributed by atoms with E-state index in [4.69, 9.17) is 9.47 Å². The van der Waals surface area contributed by atoms with Crippen molar-refractivity contribution in [2.24, 2.45) is 5.92 Å². The number of piperidine rings is 1. The molecule has 0 saturated carbocycles. The number of anilines is 1. The number of ether oxygens (including phenoxy) is 2. The van der Waals surface area contributed by atoms with Crippen LogP contribution in [0, 0.1) is 11.7 Å². The molecule has 0 aliphatic carbocycles. The molecule has 128 valence electrons. The maximum atomic E-state index is 13.6. The maximum Gasteiger partial charge on any atom is 0.139 e. The normalized spacial score (nSPS) is 22.4. The Bertz CT molecular complexity index is 698. The third-order valence-corrected chi connectivity index (χ3v) is 4.91. The molecule has 1 atom stereocenters. The highest BCUT2D eigenvalue weighted by Crippen LogP contribution is 2.27. The molecule has 5 nitrogen and oxygen atoms in total. The van der Waals surface area contributed by atoms with Crippen molar-refractivity contribution in [1.29, 1.82) is 0 Å². The maximum absolute atomic E-state index is 13.6. The molecule has 0 spiro atoms. The van der Waals surface area contributed by atoms with Gasteiger partial charge in [-0.2, -0.15) is 0 Å². The number of rotatable bonds is 4. The molecular formula is C18H22FN3O2. The van der Waals surface area contributed by atoms with Gasteiger partial charge in [-0.25, -0.2) is 14.4 Å². The quantitative estimate of drug-likeness (QED) is 0.862. The Morgan fingerprint density at radius 1 is 1.21 bits per heavy atom. The first-order valence-corrected chi connectivity index (χ1v) is 8.64. The van der Waals surface area contributed by atoms with Gasteiger partial charge in [0, 0.05) is 31.0 Å². The summed E-state index contributed by atoms with van der Waals surface area (Å²) in [6, 6.07) is 4.66. The standard InChI is InChI=1S/C18H22FN3O2/c19-14-1-2-17-16(9-14)18(21-12-20-17)22-6-3-15(4-7-22)24-11-13-5-8-23-10-13/h1-2,9,12-13,15H,3-8,10-11H2. The number of fused-ring (bicyclic) bond motifs is 1. The predicted molar refractivity (Wildman–Crippen MR) is 89.6 cm³/mol. The van der Waals surface area contributed by atoms with Crippen LogP contribution in [0.25, 0.3) is 10.9 Å². The molecule has 24 heavy (non-hydrogen) atoms. The first-order valence-electron chi connectivity index (χ1n) is 8.64. The van der Waals surface area contributed by atoms with E-state index >= 15 is 0 Å². The molecule has 3 heterocycles. The van der Waals surface area contributed by atoms with Crippen LogP contribution < -0.4 is 4.90 Å². The molecule has 2 aliphatic rings. The first kappa shape index (κ1) is 15.7. The fourth-order valence-corrected chi connectivity index (χ4v) is 3.49. The van der Waals surface area contributed by atoms with Crippen molar-refractivity contribution < 1.29 is 13.9 Å². The first-order chi connectivity index (χ1) is 11.8. The number of aromatic nitrogens is 2. The van der Waals surface area contributed by atoms with Crippen LogP contribution in [-0.4, -0.2) is 49.0 Å². The predicted octanol–water partition coefficient (Wildman–Crippen LogP) is 2.79. The Morgan fingerprint density at radius 2 is 2.08 bits per heavy atom. The highest BCUT2D eigenvalue weighted by atomic mass is 19.1. The van der Waals surface area contributed by atoms with E-state index < -0.39 is 0 Å². The smallest absolute Gasteiger partial charge is 0.139 e. The van der Waals surface area contributed by atoms with Gasteiger partial charge in [-0.3, -0.25) is 0 Å². The van der Waals surface area contributed by atoms with Crippen LogP contribution in [0.3, 0.4) is 0 Å². The number of hydrogen-bond acceptors (Lipinski definition) is 5. The lowest BCUT2D eigenvalue weighted by Crippen LogP contribution is -2.38. The van der Waals surface area contributed by atoms with Gasteiger partial charge < -0.3 is 14.4 Å². The van der Waals surface area contributed by atoms with Gasteiger partial charge in [0.2, 0.25) is 0 Å². The molecule has 6 heteroatoms. The molecule has 2 fully saturated rings. The zero-order valence-corrected chi connectivity index (χ0v) is 13.7. The van der Waals surface area contributed by atoms with Gasteiger partial charge in [-0.15, -0.1) is 0 Å². The fraction of sp³-hybridized carbons (Fsp3) is 0.556. The Morgan fingerprint density at radius 3 is 2.88 bits per heavy atom.